The van der Waals surface area contributed by atoms with E-state index in [9.17, 15) is 17.6 Å². The number of carbonyl (C=O) groups is 1. The first-order chi connectivity index (χ1) is 11.0. The molecule has 122 valence electrons. The number of rotatable bonds is 3. The second-order valence-electron chi connectivity index (χ2n) is 5.10. The Morgan fingerprint density at radius 1 is 1.04 bits per heavy atom. The van der Waals surface area contributed by atoms with Gasteiger partial charge in [-0.1, -0.05) is 12.1 Å². The van der Waals surface area contributed by atoms with Crippen molar-refractivity contribution < 1.29 is 22.0 Å². The number of carbonyl (C=O) groups excluding carboxylic acids is 1. The van der Waals surface area contributed by atoms with Gasteiger partial charge < -0.3 is 9.32 Å². The predicted octanol–water partition coefficient (Wildman–Crippen LogP) is 1.57. The Kier molecular flexibility index (Phi) is 4.18. The van der Waals surface area contributed by atoms with Crippen LogP contribution in [0, 0.1) is 5.82 Å². The molecule has 2 heterocycles. The fraction of sp³-hybridized carbons (Fsp3) is 0.267. The van der Waals surface area contributed by atoms with Crippen LogP contribution in [0.25, 0.3) is 0 Å². The molecule has 0 bridgehead atoms. The van der Waals surface area contributed by atoms with Crippen molar-refractivity contribution >= 4 is 15.9 Å². The molecule has 1 saturated heterocycles. The molecule has 23 heavy (non-hydrogen) atoms. The van der Waals surface area contributed by atoms with Crippen molar-refractivity contribution in [1.82, 2.24) is 9.21 Å². The third kappa shape index (κ3) is 2.99. The van der Waals surface area contributed by atoms with Gasteiger partial charge in [0.15, 0.2) is 5.76 Å². The first-order valence-corrected chi connectivity index (χ1v) is 8.51. The number of hydrogen-bond donors (Lipinski definition) is 0. The molecule has 2 aromatic rings. The van der Waals surface area contributed by atoms with E-state index in [4.69, 9.17) is 4.42 Å². The number of piperazine rings is 1. The lowest BCUT2D eigenvalue weighted by molar-refractivity contribution is 0.0666. The predicted molar refractivity (Wildman–Crippen MR) is 79.8 cm³/mol. The number of furan rings is 1. The third-order valence-electron chi connectivity index (χ3n) is 3.71. The van der Waals surface area contributed by atoms with E-state index in [2.05, 4.69) is 0 Å². The van der Waals surface area contributed by atoms with Gasteiger partial charge in [-0.05, 0) is 24.3 Å². The van der Waals surface area contributed by atoms with Crippen LogP contribution in [0.1, 0.15) is 10.6 Å². The van der Waals surface area contributed by atoms with Crippen LogP contribution in [0.15, 0.2) is 52.0 Å². The van der Waals surface area contributed by atoms with Crippen LogP contribution < -0.4 is 0 Å². The van der Waals surface area contributed by atoms with Crippen molar-refractivity contribution in [3.63, 3.8) is 0 Å². The molecule has 0 atom stereocenters. The third-order valence-corrected chi connectivity index (χ3v) is 5.64. The number of sulfonamides is 1. The van der Waals surface area contributed by atoms with Crippen LogP contribution in [-0.2, 0) is 10.0 Å². The van der Waals surface area contributed by atoms with Gasteiger partial charge in [-0.15, -0.1) is 0 Å². The summed E-state index contributed by atoms with van der Waals surface area (Å²) in [6.45, 7) is 0.687. The van der Waals surface area contributed by atoms with E-state index in [0.717, 1.165) is 6.07 Å². The Morgan fingerprint density at radius 3 is 2.35 bits per heavy atom. The van der Waals surface area contributed by atoms with E-state index in [-0.39, 0.29) is 42.7 Å². The first-order valence-electron chi connectivity index (χ1n) is 7.07. The van der Waals surface area contributed by atoms with Crippen LogP contribution in [0.5, 0.6) is 0 Å². The largest absolute Gasteiger partial charge is 0.459 e. The molecule has 0 saturated carbocycles. The fourth-order valence-electron chi connectivity index (χ4n) is 2.48. The Bertz CT molecular complexity index is 797. The average Bonchev–Trinajstić information content (AvgIpc) is 3.09. The van der Waals surface area contributed by atoms with E-state index in [0.29, 0.717) is 0 Å². The summed E-state index contributed by atoms with van der Waals surface area (Å²) in [5.41, 5.74) is 0. The minimum absolute atomic E-state index is 0.114. The Balaban J connectivity index is 1.72. The second kappa shape index (κ2) is 6.13. The highest BCUT2D eigenvalue weighted by molar-refractivity contribution is 7.89. The zero-order chi connectivity index (χ0) is 16.4. The lowest BCUT2D eigenvalue weighted by Gasteiger charge is -2.33. The van der Waals surface area contributed by atoms with E-state index >= 15 is 0 Å². The van der Waals surface area contributed by atoms with E-state index < -0.39 is 15.8 Å². The number of nitrogens with zero attached hydrogens (tertiary/aromatic N) is 2. The second-order valence-corrected chi connectivity index (χ2v) is 7.01. The normalized spacial score (nSPS) is 16.5. The molecule has 0 N–H and O–H groups in total. The highest BCUT2D eigenvalue weighted by Crippen LogP contribution is 2.21. The molecule has 8 heteroatoms. The van der Waals surface area contributed by atoms with Gasteiger partial charge in [-0.2, -0.15) is 4.31 Å². The smallest absolute Gasteiger partial charge is 0.289 e. The summed E-state index contributed by atoms with van der Waals surface area (Å²) in [5, 5.41) is 0. The maximum absolute atomic E-state index is 13.7. The standard InChI is InChI=1S/C15H15FN2O4S/c16-12-4-1-2-6-14(12)23(20,21)18-9-7-17(8-10-18)15(19)13-5-3-11-22-13/h1-6,11H,7-10H2. The fourth-order valence-corrected chi connectivity index (χ4v) is 3.97. The molecule has 0 spiro atoms. The molecule has 1 fully saturated rings. The Morgan fingerprint density at radius 2 is 1.74 bits per heavy atom. The van der Waals surface area contributed by atoms with Crippen molar-refractivity contribution in [3.8, 4) is 0 Å². The van der Waals surface area contributed by atoms with Crippen molar-refractivity contribution in [2.45, 2.75) is 4.90 Å². The van der Waals surface area contributed by atoms with Crippen LogP contribution in [-0.4, -0.2) is 49.7 Å². The van der Waals surface area contributed by atoms with E-state index in [1.54, 1.807) is 12.1 Å². The van der Waals surface area contributed by atoms with Crippen molar-refractivity contribution in [2.75, 3.05) is 26.2 Å². The lowest BCUT2D eigenvalue weighted by atomic mass is 10.3. The summed E-state index contributed by atoms with van der Waals surface area (Å²) in [4.78, 5) is 13.3. The molecule has 1 aliphatic heterocycles. The summed E-state index contributed by atoms with van der Waals surface area (Å²) in [6, 6.07) is 8.45. The highest BCUT2D eigenvalue weighted by atomic mass is 32.2. The summed E-state index contributed by atoms with van der Waals surface area (Å²) < 4.78 is 44.9. The van der Waals surface area contributed by atoms with E-state index in [1.807, 2.05) is 0 Å². The molecule has 0 aliphatic carbocycles. The van der Waals surface area contributed by atoms with Gasteiger partial charge in [0.1, 0.15) is 10.7 Å². The van der Waals surface area contributed by atoms with Crippen LogP contribution in [0.3, 0.4) is 0 Å². The minimum atomic E-state index is -3.90. The summed E-state index contributed by atoms with van der Waals surface area (Å²) in [7, 11) is -3.90. The minimum Gasteiger partial charge on any atom is -0.459 e. The zero-order valence-electron chi connectivity index (χ0n) is 12.2. The number of benzene rings is 1. The molecule has 1 aromatic carbocycles. The molecule has 0 unspecified atom stereocenters. The molecule has 3 rings (SSSR count). The quantitative estimate of drug-likeness (QED) is 0.852. The molecule has 1 aromatic heterocycles. The monoisotopic (exact) mass is 338 g/mol. The molecular formula is C15H15FN2O4S. The van der Waals surface area contributed by atoms with Gasteiger partial charge in [-0.3, -0.25) is 4.79 Å². The van der Waals surface area contributed by atoms with Crippen LogP contribution >= 0.6 is 0 Å². The van der Waals surface area contributed by atoms with Crippen molar-refractivity contribution in [3.05, 3.63) is 54.2 Å². The first kappa shape index (κ1) is 15.7. The molecule has 1 amide bonds. The molecule has 1 aliphatic rings. The highest BCUT2D eigenvalue weighted by Gasteiger charge is 2.32. The Hall–Kier alpha value is -2.19. The van der Waals surface area contributed by atoms with Gasteiger partial charge in [0.05, 0.1) is 6.26 Å². The van der Waals surface area contributed by atoms with Gasteiger partial charge in [0.2, 0.25) is 10.0 Å². The van der Waals surface area contributed by atoms with Crippen LogP contribution in [0.2, 0.25) is 0 Å². The maximum Gasteiger partial charge on any atom is 0.289 e. The summed E-state index contributed by atoms with van der Waals surface area (Å²) in [6.07, 6.45) is 1.41. The van der Waals surface area contributed by atoms with Gasteiger partial charge >= 0.3 is 0 Å². The number of amides is 1. The van der Waals surface area contributed by atoms with Gasteiger partial charge in [-0.25, -0.2) is 12.8 Å². The molecule has 6 nitrogen and oxygen atoms in total. The topological polar surface area (TPSA) is 70.8 Å². The zero-order valence-corrected chi connectivity index (χ0v) is 13.0. The maximum atomic E-state index is 13.7. The van der Waals surface area contributed by atoms with E-state index in [1.165, 1.54) is 33.7 Å². The molecule has 0 radical (unpaired) electrons. The lowest BCUT2D eigenvalue weighted by Crippen LogP contribution is -2.50. The SMILES string of the molecule is O=C(c1ccco1)N1CCN(S(=O)(=O)c2ccccc2F)CC1. The summed E-state index contributed by atoms with van der Waals surface area (Å²) in [5.74, 6) is -0.838. The van der Waals surface area contributed by atoms with Crippen LogP contribution in [0.4, 0.5) is 4.39 Å². The summed E-state index contributed by atoms with van der Waals surface area (Å²) >= 11 is 0. The Labute approximate surface area is 133 Å². The van der Waals surface area contributed by atoms with Crippen molar-refractivity contribution in [2.24, 2.45) is 0 Å². The van der Waals surface area contributed by atoms with Gasteiger partial charge in [0, 0.05) is 26.2 Å². The average molecular weight is 338 g/mol. The van der Waals surface area contributed by atoms with Crippen molar-refractivity contribution in [1.29, 1.82) is 0 Å². The number of hydrogen-bond acceptors (Lipinski definition) is 4. The number of halogens is 1. The van der Waals surface area contributed by atoms with Gasteiger partial charge in [0.25, 0.3) is 5.91 Å². The molecular weight excluding hydrogens is 323 g/mol.